The normalized spacial score (nSPS) is 16.5. The summed E-state index contributed by atoms with van der Waals surface area (Å²) in [6.45, 7) is 12.8. The van der Waals surface area contributed by atoms with Crippen LogP contribution in [0.3, 0.4) is 0 Å². The summed E-state index contributed by atoms with van der Waals surface area (Å²) < 4.78 is 42.9. The van der Waals surface area contributed by atoms with Gasteiger partial charge in [-0.2, -0.15) is 4.31 Å². The summed E-state index contributed by atoms with van der Waals surface area (Å²) in [6.07, 6.45) is 3.10. The van der Waals surface area contributed by atoms with Crippen LogP contribution in [0.5, 0.6) is 11.8 Å². The fourth-order valence-electron chi connectivity index (χ4n) is 6.83. The molecule has 6 rings (SSSR count). The maximum atomic E-state index is 14.1. The summed E-state index contributed by atoms with van der Waals surface area (Å²) in [6, 6.07) is 17.0. The Bertz CT molecular complexity index is 2190. The highest BCUT2D eigenvalue weighted by molar-refractivity contribution is 7.89. The van der Waals surface area contributed by atoms with Crippen LogP contribution in [0.15, 0.2) is 71.9 Å². The maximum absolute atomic E-state index is 14.1. The minimum absolute atomic E-state index is 0.0401. The number of carbonyl (C=O) groups excluding carboxylic acids is 1. The van der Waals surface area contributed by atoms with Gasteiger partial charge in [-0.15, -0.1) is 5.10 Å². The maximum Gasteiger partial charge on any atom is 0.316 e. The average molecular weight is 728 g/mol. The monoisotopic (exact) mass is 727 g/mol. The van der Waals surface area contributed by atoms with Crippen LogP contribution in [-0.4, -0.2) is 80.1 Å². The Kier molecular flexibility index (Phi) is 10.6. The molecule has 0 radical (unpaired) electrons. The molecule has 3 aromatic carbocycles. The second-order valence-corrected chi connectivity index (χ2v) is 15.5. The number of sulfonamides is 1. The van der Waals surface area contributed by atoms with Crippen LogP contribution < -0.4 is 14.8 Å². The Morgan fingerprint density at radius 3 is 2.56 bits per heavy atom. The van der Waals surface area contributed by atoms with Crippen molar-refractivity contribution in [2.75, 3.05) is 19.8 Å². The summed E-state index contributed by atoms with van der Waals surface area (Å²) in [5.41, 5.74) is 5.55. The van der Waals surface area contributed by atoms with Crippen molar-refractivity contribution in [2.24, 2.45) is 0 Å². The molecule has 5 aromatic rings. The number of amides is 1. The third-order valence-corrected chi connectivity index (χ3v) is 11.5. The molecule has 274 valence electrons. The first-order valence-corrected chi connectivity index (χ1v) is 18.9. The van der Waals surface area contributed by atoms with Crippen molar-refractivity contribution in [1.82, 2.24) is 34.6 Å². The van der Waals surface area contributed by atoms with Crippen molar-refractivity contribution in [3.8, 4) is 11.8 Å². The van der Waals surface area contributed by atoms with Crippen molar-refractivity contribution in [1.29, 1.82) is 0 Å². The largest absolute Gasteiger partial charge is 0.488 e. The van der Waals surface area contributed by atoms with Gasteiger partial charge in [0.25, 0.3) is 5.91 Å². The third kappa shape index (κ3) is 7.23. The molecule has 13 nitrogen and oxygen atoms in total. The van der Waals surface area contributed by atoms with E-state index in [0.717, 1.165) is 38.9 Å². The van der Waals surface area contributed by atoms with Crippen LogP contribution >= 0.6 is 0 Å². The fourth-order valence-corrected chi connectivity index (χ4v) is 8.40. The predicted molar refractivity (Wildman–Crippen MR) is 196 cm³/mol. The van der Waals surface area contributed by atoms with Crippen molar-refractivity contribution in [3.63, 3.8) is 0 Å². The topological polar surface area (TPSA) is 162 Å². The van der Waals surface area contributed by atoms with Gasteiger partial charge in [0.1, 0.15) is 28.9 Å². The molecule has 2 atom stereocenters. The lowest BCUT2D eigenvalue weighted by Crippen LogP contribution is -2.48. The van der Waals surface area contributed by atoms with E-state index < -0.39 is 21.5 Å². The molecule has 14 heteroatoms. The highest BCUT2D eigenvalue weighted by Gasteiger charge is 2.38. The zero-order chi connectivity index (χ0) is 37.2. The number of nitrogens with zero attached hydrogens (tertiary/aromatic N) is 6. The van der Waals surface area contributed by atoms with E-state index in [1.807, 2.05) is 70.5 Å². The number of carbonyl (C=O) groups is 1. The number of aryl methyl sites for hydroxylation is 3. The van der Waals surface area contributed by atoms with E-state index in [-0.39, 0.29) is 54.8 Å². The molecule has 1 amide bonds. The second kappa shape index (κ2) is 15.0. The van der Waals surface area contributed by atoms with E-state index in [9.17, 15) is 13.2 Å². The number of aliphatic hydroxyl groups excluding tert-OH is 1. The Morgan fingerprint density at radius 2 is 1.85 bits per heavy atom. The molecule has 1 aliphatic heterocycles. The number of aromatic nitrogens is 5. The predicted octanol–water partition coefficient (Wildman–Crippen LogP) is 4.93. The number of nitrogens with one attached hydrogen (secondary N) is 1. The Balaban J connectivity index is 1.41. The van der Waals surface area contributed by atoms with E-state index in [1.165, 1.54) is 16.7 Å². The van der Waals surface area contributed by atoms with Crippen LogP contribution in [-0.2, 0) is 23.1 Å². The molecule has 3 heterocycles. The molecule has 0 aliphatic carbocycles. The summed E-state index contributed by atoms with van der Waals surface area (Å²) in [5, 5.41) is 21.1. The van der Waals surface area contributed by atoms with Gasteiger partial charge in [0.15, 0.2) is 0 Å². The number of benzene rings is 3. The number of ether oxygens (including phenoxy) is 2. The van der Waals surface area contributed by atoms with Crippen LogP contribution in [0, 0.1) is 13.8 Å². The van der Waals surface area contributed by atoms with E-state index in [0.29, 0.717) is 18.7 Å². The summed E-state index contributed by atoms with van der Waals surface area (Å²) in [7, 11) is -3.88. The highest BCUT2D eigenvalue weighted by atomic mass is 32.2. The van der Waals surface area contributed by atoms with Gasteiger partial charge < -0.3 is 19.9 Å². The van der Waals surface area contributed by atoms with Crippen molar-refractivity contribution in [3.05, 3.63) is 100 Å². The van der Waals surface area contributed by atoms with Gasteiger partial charge >= 0.3 is 6.01 Å². The average Bonchev–Trinajstić information content (AvgIpc) is 3.52. The van der Waals surface area contributed by atoms with Gasteiger partial charge in [0, 0.05) is 36.9 Å². The summed E-state index contributed by atoms with van der Waals surface area (Å²) in [5.74, 6) is -0.427. The van der Waals surface area contributed by atoms with Gasteiger partial charge in [0.05, 0.1) is 24.2 Å². The fraction of sp³-hybridized carbons (Fsp3) is 0.395. The lowest BCUT2D eigenvalue weighted by molar-refractivity contribution is 0.0904. The Morgan fingerprint density at radius 1 is 1.10 bits per heavy atom. The number of hydrogen-bond acceptors (Lipinski definition) is 10. The first-order chi connectivity index (χ1) is 24.9. The van der Waals surface area contributed by atoms with Gasteiger partial charge in [-0.3, -0.25) is 4.79 Å². The standard InChI is InChI=1S/C38H45N7O6S/c1-7-29-23-44(52(48,49)33-12-10-9-11-32(33)51-29)22-27-19-26(14-13-24(27)3)34(30-15-16-31-35(25(30)4)42-43-45(31)8-2)38(5,6)41-36(47)28-20-39-37(40-21-28)50-18-17-46/h9-16,19-21,29,34,46H,7-8,17-18,22-23H2,1-6H3,(H,41,47)/t29-,34+/m1/s1. The smallest absolute Gasteiger partial charge is 0.316 e. The first-order valence-electron chi connectivity index (χ1n) is 17.4. The quantitative estimate of drug-likeness (QED) is 0.180. The summed E-state index contributed by atoms with van der Waals surface area (Å²) >= 11 is 0. The Hall–Kier alpha value is -4.92. The van der Waals surface area contributed by atoms with Gasteiger partial charge in [-0.1, -0.05) is 48.5 Å². The van der Waals surface area contributed by atoms with Crippen LogP contribution in [0.2, 0.25) is 0 Å². The minimum atomic E-state index is -3.88. The van der Waals surface area contributed by atoms with Gasteiger partial charge in [0.2, 0.25) is 10.0 Å². The number of aliphatic hydroxyl groups is 1. The van der Waals surface area contributed by atoms with E-state index in [1.54, 1.807) is 24.3 Å². The molecular formula is C38H45N7O6S. The minimum Gasteiger partial charge on any atom is -0.488 e. The molecule has 2 N–H and O–H groups in total. The lowest BCUT2D eigenvalue weighted by Gasteiger charge is -2.37. The SMILES string of the molecule is CC[C@@H]1CN(Cc2cc([C@@H](c3ccc4c(nnn4CC)c3C)C(C)(C)NC(=O)c3cnc(OCCO)nc3)ccc2C)S(=O)(=O)c2ccccc2O1. The zero-order valence-corrected chi connectivity index (χ0v) is 31.1. The van der Waals surface area contributed by atoms with Crippen LogP contribution in [0.25, 0.3) is 11.0 Å². The molecule has 0 saturated heterocycles. The molecule has 0 saturated carbocycles. The molecular weight excluding hydrogens is 683 g/mol. The molecule has 0 unspecified atom stereocenters. The van der Waals surface area contributed by atoms with E-state index in [4.69, 9.17) is 14.6 Å². The zero-order valence-electron chi connectivity index (χ0n) is 30.3. The van der Waals surface area contributed by atoms with Gasteiger partial charge in [-0.25, -0.2) is 23.1 Å². The number of fused-ring (bicyclic) bond motifs is 2. The molecule has 0 spiro atoms. The van der Waals surface area contributed by atoms with Crippen LogP contribution in [0.1, 0.15) is 78.2 Å². The molecule has 2 aromatic heterocycles. The van der Waals surface area contributed by atoms with Crippen molar-refractivity contribution in [2.45, 2.75) is 83.5 Å². The highest BCUT2D eigenvalue weighted by Crippen LogP contribution is 2.40. The van der Waals surface area contributed by atoms with Crippen molar-refractivity contribution < 1.29 is 27.8 Å². The van der Waals surface area contributed by atoms with Crippen LogP contribution in [0.4, 0.5) is 0 Å². The first kappa shape index (κ1) is 36.9. The van der Waals surface area contributed by atoms with E-state index in [2.05, 4.69) is 31.7 Å². The second-order valence-electron chi connectivity index (χ2n) is 13.6. The number of para-hydroxylation sites is 1. The van der Waals surface area contributed by atoms with E-state index >= 15 is 0 Å². The molecule has 0 bridgehead atoms. The number of rotatable bonds is 12. The third-order valence-electron chi connectivity index (χ3n) is 9.64. The molecule has 0 fully saturated rings. The molecule has 1 aliphatic rings. The lowest BCUT2D eigenvalue weighted by atomic mass is 9.74. The Labute approximate surface area is 304 Å². The molecule has 52 heavy (non-hydrogen) atoms. The number of hydrogen-bond donors (Lipinski definition) is 2. The van der Waals surface area contributed by atoms with Gasteiger partial charge in [-0.05, 0) is 87.1 Å². The van der Waals surface area contributed by atoms with Crippen molar-refractivity contribution >= 4 is 27.0 Å². The summed E-state index contributed by atoms with van der Waals surface area (Å²) in [4.78, 5) is 22.2.